The van der Waals surface area contributed by atoms with E-state index in [-0.39, 0.29) is 24.1 Å². The Kier molecular flexibility index (Phi) is 5.47. The molecule has 9 heteroatoms. The van der Waals surface area contributed by atoms with E-state index in [1.54, 1.807) is 18.2 Å². The van der Waals surface area contributed by atoms with Crippen molar-refractivity contribution >= 4 is 23.3 Å². The quantitative estimate of drug-likeness (QED) is 0.627. The predicted molar refractivity (Wildman–Crippen MR) is 121 cm³/mol. The molecule has 1 unspecified atom stereocenters. The molecular formula is C25H21F3N4O2. The number of para-hydroxylation sites is 1. The van der Waals surface area contributed by atoms with Crippen LogP contribution in [-0.2, 0) is 12.6 Å². The summed E-state index contributed by atoms with van der Waals surface area (Å²) in [6, 6.07) is 15.7. The van der Waals surface area contributed by atoms with Crippen LogP contribution in [0, 0.1) is 0 Å². The maximum atomic E-state index is 13.4. The molecule has 0 saturated carbocycles. The molecule has 0 spiro atoms. The molecule has 1 N–H and O–H groups in total. The van der Waals surface area contributed by atoms with E-state index in [0.29, 0.717) is 30.8 Å². The van der Waals surface area contributed by atoms with Gasteiger partial charge >= 0.3 is 6.18 Å². The number of alkyl halides is 3. The number of carbonyl (C=O) groups is 2. The van der Waals surface area contributed by atoms with E-state index >= 15 is 0 Å². The van der Waals surface area contributed by atoms with Crippen molar-refractivity contribution in [2.75, 3.05) is 29.9 Å². The molecule has 2 aromatic carbocycles. The Labute approximate surface area is 194 Å². The molecule has 2 aliphatic heterocycles. The van der Waals surface area contributed by atoms with E-state index in [1.165, 1.54) is 29.3 Å². The third-order valence-electron chi connectivity index (χ3n) is 6.20. The third-order valence-corrected chi connectivity index (χ3v) is 6.20. The molecule has 6 nitrogen and oxygen atoms in total. The minimum absolute atomic E-state index is 0.106. The molecule has 1 fully saturated rings. The lowest BCUT2D eigenvalue weighted by Gasteiger charge is -2.38. The largest absolute Gasteiger partial charge is 0.417 e. The predicted octanol–water partition coefficient (Wildman–Crippen LogP) is 4.24. The van der Waals surface area contributed by atoms with Gasteiger partial charge in [-0.1, -0.05) is 30.3 Å². The monoisotopic (exact) mass is 466 g/mol. The van der Waals surface area contributed by atoms with Crippen LogP contribution in [0.4, 0.5) is 24.7 Å². The molecule has 0 radical (unpaired) electrons. The minimum atomic E-state index is -4.60. The van der Waals surface area contributed by atoms with Crippen LogP contribution < -0.4 is 10.2 Å². The summed E-state index contributed by atoms with van der Waals surface area (Å²) in [6.07, 6.45) is -2.52. The van der Waals surface area contributed by atoms with Crippen LogP contribution in [0.15, 0.2) is 66.9 Å². The maximum absolute atomic E-state index is 13.4. The highest BCUT2D eigenvalue weighted by atomic mass is 19.4. The van der Waals surface area contributed by atoms with Gasteiger partial charge in [-0.2, -0.15) is 13.2 Å². The summed E-state index contributed by atoms with van der Waals surface area (Å²) in [6.45, 7) is 1.03. The third kappa shape index (κ3) is 4.09. The van der Waals surface area contributed by atoms with Crippen molar-refractivity contribution in [3.05, 3.63) is 89.1 Å². The Balaban J connectivity index is 1.31. The van der Waals surface area contributed by atoms with Crippen LogP contribution in [0.1, 0.15) is 31.8 Å². The highest BCUT2D eigenvalue weighted by Crippen LogP contribution is 2.35. The van der Waals surface area contributed by atoms with Gasteiger partial charge in [-0.15, -0.1) is 0 Å². The van der Waals surface area contributed by atoms with E-state index in [1.807, 2.05) is 18.2 Å². The average Bonchev–Trinajstić information content (AvgIpc) is 3.20. The van der Waals surface area contributed by atoms with Crippen molar-refractivity contribution in [2.24, 2.45) is 0 Å². The molecule has 1 saturated heterocycles. The normalized spacial score (nSPS) is 17.2. The van der Waals surface area contributed by atoms with Crippen molar-refractivity contribution in [2.45, 2.75) is 18.6 Å². The number of halogens is 3. The maximum Gasteiger partial charge on any atom is 0.417 e. The Morgan fingerprint density at radius 3 is 2.50 bits per heavy atom. The summed E-state index contributed by atoms with van der Waals surface area (Å²) in [5.74, 6) is -0.143. The summed E-state index contributed by atoms with van der Waals surface area (Å²) in [5.41, 5.74) is 0.730. The standard InChI is InChI=1S/C25H21F3N4O2/c26-25(27,28)21-9-5-4-8-20(21)24(34)31-10-11-32-19(15-31)13-16-12-17(14-29-22(16)32)23(33)30-18-6-2-1-3-7-18/h1-9,12,14,19H,10-11,13,15H2,(H,30,33). The van der Waals surface area contributed by atoms with Gasteiger partial charge in [-0.05, 0) is 42.3 Å². The van der Waals surface area contributed by atoms with Crippen molar-refractivity contribution in [1.82, 2.24) is 9.88 Å². The van der Waals surface area contributed by atoms with Crippen molar-refractivity contribution in [3.8, 4) is 0 Å². The average molecular weight is 466 g/mol. The van der Waals surface area contributed by atoms with Gasteiger partial charge in [-0.3, -0.25) is 9.59 Å². The smallest absolute Gasteiger partial charge is 0.350 e. The number of rotatable bonds is 3. The molecule has 3 aromatic rings. The Morgan fingerprint density at radius 2 is 1.74 bits per heavy atom. The second kappa shape index (κ2) is 8.48. The molecule has 3 heterocycles. The molecule has 2 aliphatic rings. The highest BCUT2D eigenvalue weighted by Gasteiger charge is 2.40. The number of amides is 2. The van der Waals surface area contributed by atoms with Crippen molar-refractivity contribution in [1.29, 1.82) is 0 Å². The molecule has 1 aromatic heterocycles. The fraction of sp³-hybridized carbons (Fsp3) is 0.240. The number of nitrogens with zero attached hydrogens (tertiary/aromatic N) is 3. The van der Waals surface area contributed by atoms with Gasteiger partial charge in [-0.25, -0.2) is 4.98 Å². The van der Waals surface area contributed by atoms with Gasteiger partial charge in [0.1, 0.15) is 5.82 Å². The second-order valence-corrected chi connectivity index (χ2v) is 8.37. The van der Waals surface area contributed by atoms with E-state index in [4.69, 9.17) is 0 Å². The first-order valence-electron chi connectivity index (χ1n) is 10.9. The lowest BCUT2D eigenvalue weighted by molar-refractivity contribution is -0.138. The number of benzene rings is 2. The van der Waals surface area contributed by atoms with Gasteiger partial charge < -0.3 is 15.1 Å². The molecule has 174 valence electrons. The van der Waals surface area contributed by atoms with Gasteiger partial charge in [0.05, 0.1) is 22.7 Å². The molecule has 34 heavy (non-hydrogen) atoms. The summed E-state index contributed by atoms with van der Waals surface area (Å²) < 4.78 is 40.2. The van der Waals surface area contributed by atoms with Crippen LogP contribution >= 0.6 is 0 Å². The first kappa shape index (κ1) is 21.9. The van der Waals surface area contributed by atoms with E-state index in [2.05, 4.69) is 15.2 Å². The number of hydrogen-bond donors (Lipinski definition) is 1. The zero-order valence-corrected chi connectivity index (χ0v) is 18.0. The fourth-order valence-electron chi connectivity index (χ4n) is 4.60. The van der Waals surface area contributed by atoms with Crippen LogP contribution in [0.5, 0.6) is 0 Å². The fourth-order valence-corrected chi connectivity index (χ4v) is 4.60. The number of pyridine rings is 1. The molecule has 0 bridgehead atoms. The van der Waals surface area contributed by atoms with Gasteiger partial charge in [0, 0.05) is 31.5 Å². The van der Waals surface area contributed by atoms with Crippen LogP contribution in [-0.4, -0.2) is 47.4 Å². The van der Waals surface area contributed by atoms with E-state index < -0.39 is 17.6 Å². The first-order valence-corrected chi connectivity index (χ1v) is 10.9. The number of piperazine rings is 1. The Hall–Kier alpha value is -3.88. The zero-order chi connectivity index (χ0) is 23.9. The topological polar surface area (TPSA) is 65.5 Å². The Bertz CT molecular complexity index is 1250. The van der Waals surface area contributed by atoms with Crippen LogP contribution in [0.3, 0.4) is 0 Å². The second-order valence-electron chi connectivity index (χ2n) is 8.37. The van der Waals surface area contributed by atoms with Crippen molar-refractivity contribution < 1.29 is 22.8 Å². The van der Waals surface area contributed by atoms with Crippen LogP contribution in [0.2, 0.25) is 0 Å². The van der Waals surface area contributed by atoms with Crippen LogP contribution in [0.25, 0.3) is 0 Å². The number of aromatic nitrogens is 1. The molecule has 1 atom stereocenters. The zero-order valence-electron chi connectivity index (χ0n) is 18.0. The molecular weight excluding hydrogens is 445 g/mol. The number of anilines is 2. The molecule has 0 aliphatic carbocycles. The van der Waals surface area contributed by atoms with E-state index in [0.717, 1.165) is 17.4 Å². The lowest BCUT2D eigenvalue weighted by Crippen LogP contribution is -2.53. The first-order chi connectivity index (χ1) is 16.3. The number of nitrogens with one attached hydrogen (secondary N) is 1. The Morgan fingerprint density at radius 1 is 1.00 bits per heavy atom. The number of fused-ring (bicyclic) bond motifs is 3. The molecule has 5 rings (SSSR count). The minimum Gasteiger partial charge on any atom is -0.350 e. The summed E-state index contributed by atoms with van der Waals surface area (Å²) in [4.78, 5) is 33.6. The lowest BCUT2D eigenvalue weighted by atomic mass is 10.0. The highest BCUT2D eigenvalue weighted by molar-refractivity contribution is 6.04. The van der Waals surface area contributed by atoms with Gasteiger partial charge in [0.25, 0.3) is 11.8 Å². The van der Waals surface area contributed by atoms with Gasteiger partial charge in [0.15, 0.2) is 0 Å². The summed E-state index contributed by atoms with van der Waals surface area (Å²) in [7, 11) is 0. The number of carbonyl (C=O) groups excluding carboxylic acids is 2. The molecule has 2 amide bonds. The summed E-state index contributed by atoms with van der Waals surface area (Å²) >= 11 is 0. The summed E-state index contributed by atoms with van der Waals surface area (Å²) in [5, 5.41) is 2.83. The number of hydrogen-bond acceptors (Lipinski definition) is 4. The van der Waals surface area contributed by atoms with Crippen molar-refractivity contribution in [3.63, 3.8) is 0 Å². The van der Waals surface area contributed by atoms with Gasteiger partial charge in [0.2, 0.25) is 0 Å². The van der Waals surface area contributed by atoms with E-state index in [9.17, 15) is 22.8 Å². The SMILES string of the molecule is O=C(Nc1ccccc1)c1cnc2c(c1)CC1CN(C(=O)c3ccccc3C(F)(F)F)CCN21.